The number of nitrogens with zero attached hydrogens (tertiary/aromatic N) is 1. The number of imide groups is 1. The molecule has 1 aromatic carbocycles. The van der Waals surface area contributed by atoms with Gasteiger partial charge in [0.15, 0.2) is 0 Å². The van der Waals surface area contributed by atoms with E-state index in [1.54, 1.807) is 0 Å². The van der Waals surface area contributed by atoms with Crippen molar-refractivity contribution in [2.45, 2.75) is 18.4 Å². The Bertz CT molecular complexity index is 756. The number of hydrogen-bond donors (Lipinski definition) is 3. The van der Waals surface area contributed by atoms with Gasteiger partial charge in [0.1, 0.15) is 11.8 Å². The van der Waals surface area contributed by atoms with Crippen LogP contribution in [-0.4, -0.2) is 56.6 Å². The van der Waals surface area contributed by atoms with E-state index in [9.17, 15) is 23.2 Å². The second-order valence-electron chi connectivity index (χ2n) is 6.06. The number of urea groups is 1. The highest BCUT2D eigenvalue weighted by molar-refractivity contribution is 6.06. The molecule has 0 aromatic heterocycles. The topological polar surface area (TPSA) is 99.8 Å². The van der Waals surface area contributed by atoms with Crippen molar-refractivity contribution in [3.8, 4) is 5.75 Å². The Morgan fingerprint density at radius 2 is 2.15 bits per heavy atom. The molecule has 8 nitrogen and oxygen atoms in total. The molecular formula is C16H18F2N4O4. The largest absolute Gasteiger partial charge is 0.495 e. The maximum absolute atomic E-state index is 13.6. The highest BCUT2D eigenvalue weighted by Crippen LogP contribution is 2.31. The van der Waals surface area contributed by atoms with Crippen LogP contribution >= 0.6 is 0 Å². The molecule has 2 heterocycles. The Kier molecular flexibility index (Phi) is 4.77. The van der Waals surface area contributed by atoms with Gasteiger partial charge in [-0.2, -0.15) is 0 Å². The van der Waals surface area contributed by atoms with E-state index in [1.165, 1.54) is 30.2 Å². The molecule has 0 unspecified atom stereocenters. The fourth-order valence-electron chi connectivity index (χ4n) is 2.89. The van der Waals surface area contributed by atoms with Crippen molar-refractivity contribution >= 4 is 23.5 Å². The first-order chi connectivity index (χ1) is 12.3. The van der Waals surface area contributed by atoms with Gasteiger partial charge in [-0.3, -0.25) is 19.8 Å². The van der Waals surface area contributed by atoms with Crippen molar-refractivity contribution in [1.29, 1.82) is 0 Å². The third-order valence-electron chi connectivity index (χ3n) is 4.31. The van der Waals surface area contributed by atoms with Gasteiger partial charge in [0.05, 0.1) is 19.3 Å². The number of benzene rings is 1. The van der Waals surface area contributed by atoms with Gasteiger partial charge in [0.25, 0.3) is 11.8 Å². The number of carbonyl (C=O) groups excluding carboxylic acids is 3. The quantitative estimate of drug-likeness (QED) is 0.718. The molecule has 10 heteroatoms. The maximum Gasteiger partial charge on any atom is 0.328 e. The Balaban J connectivity index is 1.79. The number of hydrogen-bond acceptors (Lipinski definition) is 5. The lowest BCUT2D eigenvalue weighted by Crippen LogP contribution is -2.49. The third kappa shape index (κ3) is 3.45. The van der Waals surface area contributed by atoms with Gasteiger partial charge >= 0.3 is 6.03 Å². The Morgan fingerprint density at radius 3 is 2.77 bits per heavy atom. The average molecular weight is 368 g/mol. The predicted molar refractivity (Wildman–Crippen MR) is 87.6 cm³/mol. The van der Waals surface area contributed by atoms with Crippen LogP contribution in [0.1, 0.15) is 16.8 Å². The lowest BCUT2D eigenvalue weighted by molar-refractivity contribution is -0.120. The summed E-state index contributed by atoms with van der Waals surface area (Å²) in [7, 11) is 1.36. The number of ether oxygens (including phenoxy) is 1. The number of carbonyl (C=O) groups is 3. The molecular weight excluding hydrogens is 350 g/mol. The molecule has 0 bridgehead atoms. The monoisotopic (exact) mass is 368 g/mol. The number of methoxy groups -OCH3 is 1. The van der Waals surface area contributed by atoms with E-state index in [0.29, 0.717) is 5.69 Å². The van der Waals surface area contributed by atoms with Crippen LogP contribution in [0.2, 0.25) is 0 Å². The predicted octanol–water partition coefficient (Wildman–Crippen LogP) is 0.478. The van der Waals surface area contributed by atoms with Crippen LogP contribution in [0, 0.1) is 0 Å². The second kappa shape index (κ2) is 6.87. The van der Waals surface area contributed by atoms with Crippen molar-refractivity contribution in [3.63, 3.8) is 0 Å². The van der Waals surface area contributed by atoms with E-state index in [4.69, 9.17) is 4.74 Å². The van der Waals surface area contributed by atoms with Gasteiger partial charge in [0, 0.05) is 25.1 Å². The van der Waals surface area contributed by atoms with Gasteiger partial charge in [-0.25, -0.2) is 13.6 Å². The molecule has 2 saturated heterocycles. The summed E-state index contributed by atoms with van der Waals surface area (Å²) in [5.74, 6) is -3.83. The smallest absolute Gasteiger partial charge is 0.328 e. The number of alkyl halides is 2. The Morgan fingerprint density at radius 1 is 1.38 bits per heavy atom. The normalized spacial score (nSPS) is 22.1. The summed E-state index contributed by atoms with van der Waals surface area (Å²) in [4.78, 5) is 36.8. The van der Waals surface area contributed by atoms with E-state index in [1.807, 2.05) is 0 Å². The minimum absolute atomic E-state index is 0.0179. The molecule has 3 N–H and O–H groups in total. The van der Waals surface area contributed by atoms with Crippen LogP contribution in [0.15, 0.2) is 18.2 Å². The number of nitrogens with one attached hydrogen (secondary N) is 3. The highest BCUT2D eigenvalue weighted by Gasteiger charge is 2.44. The number of amides is 4. The molecule has 2 aliphatic heterocycles. The Labute approximate surface area is 147 Å². The third-order valence-corrected chi connectivity index (χ3v) is 4.31. The molecule has 2 fully saturated rings. The highest BCUT2D eigenvalue weighted by atomic mass is 19.3. The van der Waals surface area contributed by atoms with Crippen molar-refractivity contribution in [3.05, 3.63) is 23.8 Å². The van der Waals surface area contributed by atoms with Crippen molar-refractivity contribution in [2.75, 3.05) is 31.6 Å². The van der Waals surface area contributed by atoms with Gasteiger partial charge in [-0.1, -0.05) is 0 Å². The SMILES string of the molecule is COc1cc(C(=O)N[C@@H]2CNCC2(F)F)ccc1N1CCC(=O)NC1=O. The van der Waals surface area contributed by atoms with Crippen molar-refractivity contribution < 1.29 is 27.9 Å². The first-order valence-electron chi connectivity index (χ1n) is 8.00. The average Bonchev–Trinajstić information content (AvgIpc) is 2.93. The van der Waals surface area contributed by atoms with Crippen LogP contribution < -0.4 is 25.6 Å². The van der Waals surface area contributed by atoms with Crippen LogP contribution in [0.4, 0.5) is 19.3 Å². The van der Waals surface area contributed by atoms with Gasteiger partial charge in [-0.05, 0) is 18.2 Å². The standard InChI is InChI=1S/C16H18F2N4O4/c1-26-11-6-9(14(24)20-12-7-19-8-16(12,17)18)2-3-10(11)22-5-4-13(23)21-15(22)25/h2-3,6,12,19H,4-5,7-8H2,1H3,(H,20,24)(H,21,23,25)/t12-/m1/s1. The summed E-state index contributed by atoms with van der Waals surface area (Å²) in [5, 5.41) is 7.04. The zero-order valence-corrected chi connectivity index (χ0v) is 14.0. The fourth-order valence-corrected chi connectivity index (χ4v) is 2.89. The first kappa shape index (κ1) is 18.1. The number of anilines is 1. The molecule has 0 spiro atoms. The zero-order valence-electron chi connectivity index (χ0n) is 14.0. The number of halogens is 2. The summed E-state index contributed by atoms with van der Waals surface area (Å²) in [6.45, 7) is -0.328. The Hall–Kier alpha value is -2.75. The number of rotatable bonds is 4. The molecule has 1 aromatic rings. The van der Waals surface area contributed by atoms with Crippen LogP contribution in [0.3, 0.4) is 0 Å². The lowest BCUT2D eigenvalue weighted by atomic mass is 10.1. The van der Waals surface area contributed by atoms with Crippen molar-refractivity contribution in [1.82, 2.24) is 16.0 Å². The van der Waals surface area contributed by atoms with E-state index in [-0.39, 0.29) is 36.7 Å². The van der Waals surface area contributed by atoms with E-state index in [2.05, 4.69) is 16.0 Å². The van der Waals surface area contributed by atoms with Crippen molar-refractivity contribution in [2.24, 2.45) is 0 Å². The summed E-state index contributed by atoms with van der Waals surface area (Å²) in [6, 6.07) is 2.38. The molecule has 140 valence electrons. The fraction of sp³-hybridized carbons (Fsp3) is 0.438. The van der Waals surface area contributed by atoms with Gasteiger partial charge in [0.2, 0.25) is 5.91 Å². The maximum atomic E-state index is 13.6. The summed E-state index contributed by atoms with van der Waals surface area (Å²) < 4.78 is 32.5. The second-order valence-corrected chi connectivity index (χ2v) is 6.06. The van der Waals surface area contributed by atoms with Gasteiger partial charge in [-0.15, -0.1) is 0 Å². The summed E-state index contributed by atoms with van der Waals surface area (Å²) in [5.41, 5.74) is 0.503. The molecule has 0 radical (unpaired) electrons. The summed E-state index contributed by atoms with van der Waals surface area (Å²) in [6.07, 6.45) is 0.140. The molecule has 4 amide bonds. The van der Waals surface area contributed by atoms with Crippen LogP contribution in [-0.2, 0) is 4.79 Å². The van der Waals surface area contributed by atoms with Crippen LogP contribution in [0.25, 0.3) is 0 Å². The molecule has 0 aliphatic carbocycles. The molecule has 0 saturated carbocycles. The molecule has 3 rings (SSSR count). The first-order valence-corrected chi connectivity index (χ1v) is 8.00. The zero-order chi connectivity index (χ0) is 18.9. The minimum atomic E-state index is -3.02. The van der Waals surface area contributed by atoms with Gasteiger partial charge < -0.3 is 15.4 Å². The molecule has 26 heavy (non-hydrogen) atoms. The van der Waals surface area contributed by atoms with E-state index in [0.717, 1.165) is 0 Å². The van der Waals surface area contributed by atoms with E-state index >= 15 is 0 Å². The van der Waals surface area contributed by atoms with E-state index < -0.39 is 30.4 Å². The minimum Gasteiger partial charge on any atom is -0.495 e. The molecule has 1 atom stereocenters. The van der Waals surface area contributed by atoms with Crippen LogP contribution in [0.5, 0.6) is 5.75 Å². The summed E-state index contributed by atoms with van der Waals surface area (Å²) >= 11 is 0. The lowest BCUT2D eigenvalue weighted by Gasteiger charge is -2.28. The molecule has 2 aliphatic rings.